The summed E-state index contributed by atoms with van der Waals surface area (Å²) in [5, 5.41) is 3.94. The van der Waals surface area contributed by atoms with Gasteiger partial charge in [0.15, 0.2) is 5.82 Å². The monoisotopic (exact) mass is 200 g/mol. The molecule has 1 fully saturated rings. The molecule has 0 saturated heterocycles. The van der Waals surface area contributed by atoms with Crippen molar-refractivity contribution in [2.24, 2.45) is 0 Å². The van der Waals surface area contributed by atoms with Gasteiger partial charge in [0.05, 0.1) is 0 Å². The Labute approximate surface area is 82.5 Å². The number of alkyl halides is 1. The lowest BCUT2D eigenvalue weighted by Crippen LogP contribution is -2.06. The average molecular weight is 201 g/mol. The van der Waals surface area contributed by atoms with Crippen LogP contribution in [-0.2, 0) is 5.88 Å². The minimum Gasteiger partial charge on any atom is -0.338 e. The topological polar surface area (TPSA) is 38.9 Å². The summed E-state index contributed by atoms with van der Waals surface area (Å²) in [6.07, 6.45) is 6.31. The molecule has 0 radical (unpaired) electrons. The van der Waals surface area contributed by atoms with E-state index in [9.17, 15) is 0 Å². The van der Waals surface area contributed by atoms with Gasteiger partial charge >= 0.3 is 0 Å². The molecule has 3 nitrogen and oxygen atoms in total. The quantitative estimate of drug-likeness (QED) is 0.690. The Kier molecular flexibility index (Phi) is 2.83. The average Bonchev–Trinajstić information content (AvgIpc) is 2.67. The van der Waals surface area contributed by atoms with Crippen molar-refractivity contribution < 1.29 is 4.52 Å². The molecule has 4 heteroatoms. The Morgan fingerprint density at radius 1 is 1.31 bits per heavy atom. The molecule has 0 unspecified atom stereocenters. The first kappa shape index (κ1) is 9.00. The number of hydrogen-bond acceptors (Lipinski definition) is 3. The first-order valence-corrected chi connectivity index (χ1v) is 5.32. The Morgan fingerprint density at radius 3 is 2.69 bits per heavy atom. The summed E-state index contributed by atoms with van der Waals surface area (Å²) >= 11 is 5.58. The van der Waals surface area contributed by atoms with Crippen molar-refractivity contribution in [3.8, 4) is 0 Å². The van der Waals surface area contributed by atoms with Gasteiger partial charge in [-0.1, -0.05) is 24.4 Å². The number of rotatable bonds is 2. The predicted molar refractivity (Wildman–Crippen MR) is 49.7 cm³/mol. The molecule has 1 saturated carbocycles. The summed E-state index contributed by atoms with van der Waals surface area (Å²) in [5.41, 5.74) is 0. The van der Waals surface area contributed by atoms with Crippen LogP contribution >= 0.6 is 11.6 Å². The Balaban J connectivity index is 2.05. The van der Waals surface area contributed by atoms with Crippen molar-refractivity contribution in [2.45, 2.75) is 43.9 Å². The Bertz CT molecular complexity index is 268. The smallest absolute Gasteiger partial charge is 0.241 e. The predicted octanol–water partition coefficient (Wildman–Crippen LogP) is 2.86. The van der Waals surface area contributed by atoms with Gasteiger partial charge in [-0.3, -0.25) is 0 Å². The van der Waals surface area contributed by atoms with Crippen LogP contribution in [0.3, 0.4) is 0 Å². The van der Waals surface area contributed by atoms with Gasteiger partial charge in [0.25, 0.3) is 0 Å². The van der Waals surface area contributed by atoms with Gasteiger partial charge in [-0.2, -0.15) is 4.98 Å². The molecule has 0 amide bonds. The SMILES string of the molecule is ClCc1nc(C2CCCCC2)no1. The van der Waals surface area contributed by atoms with Gasteiger partial charge in [-0.15, -0.1) is 11.6 Å². The molecule has 0 atom stereocenters. The Morgan fingerprint density at radius 2 is 2.08 bits per heavy atom. The van der Waals surface area contributed by atoms with Gasteiger partial charge in [0, 0.05) is 5.92 Å². The number of aromatic nitrogens is 2. The molecule has 0 bridgehead atoms. The fraction of sp³-hybridized carbons (Fsp3) is 0.778. The van der Waals surface area contributed by atoms with E-state index in [0.717, 1.165) is 5.82 Å². The maximum Gasteiger partial charge on any atom is 0.241 e. The third-order valence-corrected chi connectivity index (χ3v) is 2.80. The second kappa shape index (κ2) is 4.09. The normalized spacial score (nSPS) is 19.2. The third-order valence-electron chi connectivity index (χ3n) is 2.57. The molecule has 1 aromatic rings. The summed E-state index contributed by atoms with van der Waals surface area (Å²) in [5.74, 6) is 2.23. The van der Waals surface area contributed by atoms with E-state index in [1.807, 2.05) is 0 Å². The third kappa shape index (κ3) is 2.02. The van der Waals surface area contributed by atoms with Crippen molar-refractivity contribution in [2.75, 3.05) is 0 Å². The van der Waals surface area contributed by atoms with Crippen LogP contribution < -0.4 is 0 Å². The summed E-state index contributed by atoms with van der Waals surface area (Å²) in [4.78, 5) is 4.24. The molecule has 72 valence electrons. The standard InChI is InChI=1S/C9H13ClN2O/c10-6-8-11-9(12-13-8)7-4-2-1-3-5-7/h7H,1-6H2. The lowest BCUT2D eigenvalue weighted by molar-refractivity contribution is 0.365. The fourth-order valence-corrected chi connectivity index (χ4v) is 1.96. The highest BCUT2D eigenvalue weighted by Crippen LogP contribution is 2.30. The summed E-state index contributed by atoms with van der Waals surface area (Å²) in [6, 6.07) is 0. The van der Waals surface area contributed by atoms with Crippen LogP contribution in [0.4, 0.5) is 0 Å². The van der Waals surface area contributed by atoms with Crippen LogP contribution in [0.25, 0.3) is 0 Å². The highest BCUT2D eigenvalue weighted by atomic mass is 35.5. The summed E-state index contributed by atoms with van der Waals surface area (Å²) < 4.78 is 4.97. The zero-order valence-corrected chi connectivity index (χ0v) is 8.26. The van der Waals surface area contributed by atoms with Crippen molar-refractivity contribution in [3.63, 3.8) is 0 Å². The van der Waals surface area contributed by atoms with Crippen molar-refractivity contribution >= 4 is 11.6 Å². The van der Waals surface area contributed by atoms with E-state index < -0.39 is 0 Å². The van der Waals surface area contributed by atoms with Gasteiger partial charge in [-0.25, -0.2) is 0 Å². The van der Waals surface area contributed by atoms with Crippen molar-refractivity contribution in [1.82, 2.24) is 10.1 Å². The summed E-state index contributed by atoms with van der Waals surface area (Å²) in [6.45, 7) is 0. The van der Waals surface area contributed by atoms with Crippen molar-refractivity contribution in [1.29, 1.82) is 0 Å². The van der Waals surface area contributed by atoms with Gasteiger partial charge in [0.1, 0.15) is 5.88 Å². The number of hydrogen-bond donors (Lipinski definition) is 0. The van der Waals surface area contributed by atoms with E-state index in [1.54, 1.807) is 0 Å². The number of halogens is 1. The van der Waals surface area contributed by atoms with Crippen LogP contribution in [0, 0.1) is 0 Å². The maximum atomic E-state index is 5.58. The van der Waals surface area contributed by atoms with Gasteiger partial charge in [-0.05, 0) is 12.8 Å². The van der Waals surface area contributed by atoms with Gasteiger partial charge < -0.3 is 4.52 Å². The maximum absolute atomic E-state index is 5.58. The highest BCUT2D eigenvalue weighted by molar-refractivity contribution is 6.16. The zero-order valence-electron chi connectivity index (χ0n) is 7.50. The van der Waals surface area contributed by atoms with Crippen LogP contribution in [-0.4, -0.2) is 10.1 Å². The second-order valence-electron chi connectivity index (χ2n) is 3.51. The zero-order chi connectivity index (χ0) is 9.10. The van der Waals surface area contributed by atoms with Crippen LogP contribution in [0.15, 0.2) is 4.52 Å². The molecule has 0 spiro atoms. The molecule has 1 heterocycles. The molecule has 1 aliphatic carbocycles. The molecule has 2 rings (SSSR count). The number of nitrogens with zero attached hydrogens (tertiary/aromatic N) is 2. The first-order valence-electron chi connectivity index (χ1n) is 4.78. The van der Waals surface area contributed by atoms with Crippen LogP contribution in [0.2, 0.25) is 0 Å². The van der Waals surface area contributed by atoms with Crippen LogP contribution in [0.1, 0.15) is 49.7 Å². The van der Waals surface area contributed by atoms with Crippen LogP contribution in [0.5, 0.6) is 0 Å². The molecule has 1 aromatic heterocycles. The molecular formula is C9H13ClN2O. The van der Waals surface area contributed by atoms with E-state index in [4.69, 9.17) is 16.1 Å². The van der Waals surface area contributed by atoms with Crippen molar-refractivity contribution in [3.05, 3.63) is 11.7 Å². The lowest BCUT2D eigenvalue weighted by atomic mass is 9.89. The second-order valence-corrected chi connectivity index (χ2v) is 3.78. The molecule has 0 aliphatic heterocycles. The van der Waals surface area contributed by atoms with E-state index in [-0.39, 0.29) is 0 Å². The Hall–Kier alpha value is -0.570. The molecule has 0 N–H and O–H groups in total. The fourth-order valence-electron chi connectivity index (χ4n) is 1.85. The van der Waals surface area contributed by atoms with Gasteiger partial charge in [0.2, 0.25) is 5.89 Å². The molecular weight excluding hydrogens is 188 g/mol. The van der Waals surface area contributed by atoms with E-state index in [0.29, 0.717) is 17.7 Å². The molecule has 1 aliphatic rings. The lowest BCUT2D eigenvalue weighted by Gasteiger charge is -2.17. The highest BCUT2D eigenvalue weighted by Gasteiger charge is 2.20. The van der Waals surface area contributed by atoms with E-state index in [1.165, 1.54) is 32.1 Å². The van der Waals surface area contributed by atoms with E-state index in [2.05, 4.69) is 10.1 Å². The van der Waals surface area contributed by atoms with E-state index >= 15 is 0 Å². The first-order chi connectivity index (χ1) is 6.40. The largest absolute Gasteiger partial charge is 0.338 e. The molecule has 0 aromatic carbocycles. The minimum atomic E-state index is 0.319. The molecule has 13 heavy (non-hydrogen) atoms. The minimum absolute atomic E-state index is 0.319. The summed E-state index contributed by atoms with van der Waals surface area (Å²) in [7, 11) is 0.